The number of nitrogens with zero attached hydrogens (tertiary/aromatic N) is 1. The van der Waals surface area contributed by atoms with Gasteiger partial charge in [0.05, 0.1) is 31.7 Å². The number of aryl methyl sites for hydroxylation is 1. The molecule has 0 radical (unpaired) electrons. The topological polar surface area (TPSA) is 142 Å². The van der Waals surface area contributed by atoms with E-state index in [0.717, 1.165) is 17.3 Å². The third kappa shape index (κ3) is 11.5. The van der Waals surface area contributed by atoms with E-state index in [-0.39, 0.29) is 34.4 Å². The standard InChI is InChI=1S/C31H39ClFN3O7S/c1-18(2)30(35-27(38)14-20-13-19(9-11-26(20)43-5)10-12-28(39)36(3)4)31(42)34-24(15-29(40)41)25(37)17-44-16-21-22(32)7-6-8-23(21)33/h6-9,11,13,18,24,30H,10,12,14-17H2,1-5H3,(H,34,42)(H,35,38)(H,40,41)/t24?,30-/m0/s1. The van der Waals surface area contributed by atoms with Crippen LogP contribution < -0.4 is 15.4 Å². The van der Waals surface area contributed by atoms with E-state index < -0.39 is 53.8 Å². The number of amides is 3. The van der Waals surface area contributed by atoms with Crippen LogP contribution in [0.3, 0.4) is 0 Å². The molecule has 2 aromatic rings. The zero-order chi connectivity index (χ0) is 33.0. The Morgan fingerprint density at radius 2 is 1.80 bits per heavy atom. The Balaban J connectivity index is 2.08. The van der Waals surface area contributed by atoms with E-state index in [2.05, 4.69) is 10.6 Å². The average Bonchev–Trinajstić information content (AvgIpc) is 2.95. The molecule has 2 aromatic carbocycles. The van der Waals surface area contributed by atoms with Crippen LogP contribution >= 0.6 is 23.4 Å². The molecule has 0 aliphatic heterocycles. The summed E-state index contributed by atoms with van der Waals surface area (Å²) in [5.41, 5.74) is 1.62. The number of carbonyl (C=O) groups is 5. The van der Waals surface area contributed by atoms with E-state index in [9.17, 15) is 33.5 Å². The summed E-state index contributed by atoms with van der Waals surface area (Å²) in [6.07, 6.45) is -0.0179. The Labute approximate surface area is 266 Å². The van der Waals surface area contributed by atoms with Crippen LogP contribution in [-0.2, 0) is 42.6 Å². The van der Waals surface area contributed by atoms with Gasteiger partial charge in [-0.25, -0.2) is 4.39 Å². The zero-order valence-corrected chi connectivity index (χ0v) is 27.0. The Morgan fingerprint density at radius 1 is 1.09 bits per heavy atom. The normalized spacial score (nSPS) is 12.3. The number of nitrogens with one attached hydrogen (secondary N) is 2. The number of carboxylic acids is 1. The molecule has 2 rings (SSSR count). The van der Waals surface area contributed by atoms with Gasteiger partial charge >= 0.3 is 5.97 Å². The first-order valence-electron chi connectivity index (χ1n) is 13.9. The van der Waals surface area contributed by atoms with Crippen LogP contribution in [-0.4, -0.2) is 78.5 Å². The monoisotopic (exact) mass is 651 g/mol. The molecule has 0 saturated carbocycles. The fourth-order valence-corrected chi connectivity index (χ4v) is 5.55. The van der Waals surface area contributed by atoms with E-state index in [0.29, 0.717) is 24.2 Å². The molecule has 0 aliphatic carbocycles. The van der Waals surface area contributed by atoms with E-state index in [1.165, 1.54) is 30.2 Å². The third-order valence-electron chi connectivity index (χ3n) is 6.72. The number of ether oxygens (including phenoxy) is 1. The van der Waals surface area contributed by atoms with Crippen LogP contribution in [0.5, 0.6) is 5.75 Å². The Hall–Kier alpha value is -3.64. The highest BCUT2D eigenvalue weighted by atomic mass is 35.5. The predicted octanol–water partition coefficient (Wildman–Crippen LogP) is 3.65. The lowest BCUT2D eigenvalue weighted by Gasteiger charge is -2.25. The van der Waals surface area contributed by atoms with Gasteiger partial charge in [-0.2, -0.15) is 0 Å². The van der Waals surface area contributed by atoms with Crippen LogP contribution in [0.2, 0.25) is 5.02 Å². The number of methoxy groups -OCH3 is 1. The van der Waals surface area contributed by atoms with Gasteiger partial charge < -0.3 is 25.4 Å². The van der Waals surface area contributed by atoms with E-state index in [1.54, 1.807) is 40.1 Å². The summed E-state index contributed by atoms with van der Waals surface area (Å²) in [4.78, 5) is 64.2. The van der Waals surface area contributed by atoms with Crippen LogP contribution in [0.15, 0.2) is 36.4 Å². The van der Waals surface area contributed by atoms with Crippen molar-refractivity contribution >= 4 is 52.8 Å². The second-order valence-electron chi connectivity index (χ2n) is 10.7. The molecule has 3 N–H and O–H groups in total. The molecule has 1 unspecified atom stereocenters. The van der Waals surface area contributed by atoms with Gasteiger partial charge in [0.2, 0.25) is 17.7 Å². The lowest BCUT2D eigenvalue weighted by Crippen LogP contribution is -2.54. The van der Waals surface area contributed by atoms with Gasteiger partial charge in [0.25, 0.3) is 0 Å². The maximum Gasteiger partial charge on any atom is 0.305 e. The fourth-order valence-electron chi connectivity index (χ4n) is 4.24. The molecule has 0 bridgehead atoms. The van der Waals surface area contributed by atoms with Gasteiger partial charge in [0, 0.05) is 42.4 Å². The maximum atomic E-state index is 14.1. The van der Waals surface area contributed by atoms with Gasteiger partial charge in [0.15, 0.2) is 5.78 Å². The number of halogens is 2. The number of benzene rings is 2. The molecule has 0 spiro atoms. The van der Waals surface area contributed by atoms with E-state index >= 15 is 0 Å². The number of carbonyl (C=O) groups excluding carboxylic acids is 4. The number of Topliss-reactive ketones (excluding diaryl/α,β-unsaturated/α-hetero) is 1. The SMILES string of the molecule is COc1ccc(CCC(=O)N(C)C)cc1CC(=O)N[C@H](C(=O)NC(CC(=O)O)C(=O)CSCc1c(F)cccc1Cl)C(C)C. The number of rotatable bonds is 17. The first kappa shape index (κ1) is 36.6. The molecule has 3 amide bonds. The molecule has 13 heteroatoms. The number of carboxylic acid groups (broad SMARTS) is 1. The second kappa shape index (κ2) is 17.6. The molecule has 0 fully saturated rings. The second-order valence-corrected chi connectivity index (χ2v) is 12.1. The van der Waals surface area contributed by atoms with Crippen LogP contribution in [0, 0.1) is 11.7 Å². The van der Waals surface area contributed by atoms with Crippen molar-refractivity contribution in [2.45, 2.75) is 57.4 Å². The summed E-state index contributed by atoms with van der Waals surface area (Å²) >= 11 is 7.08. The molecule has 10 nitrogen and oxygen atoms in total. The van der Waals surface area contributed by atoms with Crippen molar-refractivity contribution in [3.05, 3.63) is 63.9 Å². The molecular weight excluding hydrogens is 613 g/mol. The average molecular weight is 652 g/mol. The summed E-state index contributed by atoms with van der Waals surface area (Å²) < 4.78 is 19.5. The summed E-state index contributed by atoms with van der Waals surface area (Å²) in [6.45, 7) is 3.41. The van der Waals surface area contributed by atoms with Crippen molar-refractivity contribution < 1.29 is 38.2 Å². The lowest BCUT2D eigenvalue weighted by atomic mass is 10.00. The van der Waals surface area contributed by atoms with Gasteiger partial charge in [-0.3, -0.25) is 24.0 Å². The number of hydrogen-bond acceptors (Lipinski definition) is 7. The highest BCUT2D eigenvalue weighted by Gasteiger charge is 2.30. The minimum atomic E-state index is -1.36. The number of hydrogen-bond donors (Lipinski definition) is 3. The molecular formula is C31H39ClFN3O7S. The van der Waals surface area contributed by atoms with Crippen LogP contribution in [0.4, 0.5) is 4.39 Å². The van der Waals surface area contributed by atoms with Crippen molar-refractivity contribution in [1.29, 1.82) is 0 Å². The first-order chi connectivity index (χ1) is 20.7. The van der Waals surface area contributed by atoms with Crippen LogP contribution in [0.1, 0.15) is 43.4 Å². The van der Waals surface area contributed by atoms with Crippen LogP contribution in [0.25, 0.3) is 0 Å². The smallest absolute Gasteiger partial charge is 0.305 e. The maximum absolute atomic E-state index is 14.1. The van der Waals surface area contributed by atoms with Crippen molar-refractivity contribution in [2.75, 3.05) is 27.0 Å². The summed E-state index contributed by atoms with van der Waals surface area (Å²) in [5.74, 6) is -3.67. The van der Waals surface area contributed by atoms with Crippen molar-refractivity contribution in [3.8, 4) is 5.75 Å². The van der Waals surface area contributed by atoms with E-state index in [1.807, 2.05) is 6.07 Å². The van der Waals surface area contributed by atoms with E-state index in [4.69, 9.17) is 16.3 Å². The predicted molar refractivity (Wildman–Crippen MR) is 167 cm³/mol. The lowest BCUT2D eigenvalue weighted by molar-refractivity contribution is -0.140. The minimum absolute atomic E-state index is 0.0290. The number of aliphatic carboxylic acids is 1. The fraction of sp³-hybridized carbons (Fsp3) is 0.452. The quantitative estimate of drug-likeness (QED) is 0.235. The van der Waals surface area contributed by atoms with Crippen molar-refractivity contribution in [2.24, 2.45) is 5.92 Å². The van der Waals surface area contributed by atoms with Gasteiger partial charge in [-0.15, -0.1) is 11.8 Å². The summed E-state index contributed by atoms with van der Waals surface area (Å²) in [6, 6.07) is 7.12. The first-order valence-corrected chi connectivity index (χ1v) is 15.5. The Morgan fingerprint density at radius 3 is 2.39 bits per heavy atom. The Kier molecular flexibility index (Phi) is 14.6. The number of thioether (sulfide) groups is 1. The molecule has 2 atom stereocenters. The van der Waals surface area contributed by atoms with Gasteiger partial charge in [0.1, 0.15) is 17.6 Å². The summed E-state index contributed by atoms with van der Waals surface area (Å²) in [5, 5.41) is 14.7. The highest BCUT2D eigenvalue weighted by molar-refractivity contribution is 7.99. The largest absolute Gasteiger partial charge is 0.496 e. The van der Waals surface area contributed by atoms with Crippen molar-refractivity contribution in [3.63, 3.8) is 0 Å². The number of ketones is 1. The Bertz CT molecular complexity index is 1340. The molecule has 44 heavy (non-hydrogen) atoms. The van der Waals surface area contributed by atoms with Gasteiger partial charge in [-0.05, 0) is 36.1 Å². The molecule has 0 aromatic heterocycles. The highest BCUT2D eigenvalue weighted by Crippen LogP contribution is 2.24. The summed E-state index contributed by atoms with van der Waals surface area (Å²) in [7, 11) is 4.83. The molecule has 0 heterocycles. The molecule has 0 saturated heterocycles. The zero-order valence-electron chi connectivity index (χ0n) is 25.4. The molecule has 240 valence electrons. The molecule has 0 aliphatic rings. The van der Waals surface area contributed by atoms with Crippen molar-refractivity contribution in [1.82, 2.24) is 15.5 Å². The van der Waals surface area contributed by atoms with Gasteiger partial charge in [-0.1, -0.05) is 43.6 Å². The third-order valence-corrected chi connectivity index (χ3v) is 8.06. The minimum Gasteiger partial charge on any atom is -0.496 e.